The number of unbranched alkanes of at least 4 members (excludes halogenated alkanes) is 3. The maximum absolute atomic E-state index is 12.8. The first-order chi connectivity index (χ1) is 14.4. The average Bonchev–Trinajstić information content (AvgIpc) is 3.15. The normalized spacial score (nSPS) is 12.9. The van der Waals surface area contributed by atoms with E-state index in [1.54, 1.807) is 24.3 Å². The lowest BCUT2D eigenvalue weighted by Crippen LogP contribution is -2.16. The number of aliphatic hydroxyl groups excluding tert-OH is 1. The van der Waals surface area contributed by atoms with Gasteiger partial charge in [0.25, 0.3) is 0 Å². The number of aryl methyl sites for hydroxylation is 1. The van der Waals surface area contributed by atoms with Crippen LogP contribution in [0, 0.1) is 0 Å². The first-order valence-corrected chi connectivity index (χ1v) is 11.5. The maximum atomic E-state index is 12.8. The van der Waals surface area contributed by atoms with E-state index in [0.717, 1.165) is 17.7 Å². The summed E-state index contributed by atoms with van der Waals surface area (Å²) < 4.78 is 5.30. The van der Waals surface area contributed by atoms with Crippen LogP contribution in [0.3, 0.4) is 0 Å². The zero-order chi connectivity index (χ0) is 22.1. The van der Waals surface area contributed by atoms with E-state index in [1.165, 1.54) is 30.2 Å². The molecule has 1 atom stereocenters. The molecule has 0 radical (unpaired) electrons. The lowest BCUT2D eigenvalue weighted by molar-refractivity contribution is 0.102. The number of aliphatic hydroxyl groups is 1. The quantitative estimate of drug-likeness (QED) is 0.255. The van der Waals surface area contributed by atoms with Gasteiger partial charge in [-0.05, 0) is 56.4 Å². The molecule has 2 aromatic rings. The SMILES string of the molecule is CCCCCCc1ccc(C=C(C)C(=O)c2c(O)cc(C(C)CCCO)oc2=O)s1. The molecule has 6 heteroatoms. The molecule has 30 heavy (non-hydrogen) atoms. The van der Waals surface area contributed by atoms with Gasteiger partial charge >= 0.3 is 5.63 Å². The molecule has 2 N–H and O–H groups in total. The van der Waals surface area contributed by atoms with E-state index in [-0.39, 0.29) is 23.8 Å². The summed E-state index contributed by atoms with van der Waals surface area (Å²) in [6, 6.07) is 5.39. The molecule has 0 amide bonds. The number of thiophene rings is 1. The maximum Gasteiger partial charge on any atom is 0.351 e. The van der Waals surface area contributed by atoms with Gasteiger partial charge in [-0.1, -0.05) is 33.1 Å². The highest BCUT2D eigenvalue weighted by Gasteiger charge is 2.22. The Labute approximate surface area is 182 Å². The Morgan fingerprint density at radius 1 is 1.23 bits per heavy atom. The summed E-state index contributed by atoms with van der Waals surface area (Å²) in [5.74, 6) is -0.722. The molecule has 0 spiro atoms. The number of hydrogen-bond donors (Lipinski definition) is 2. The van der Waals surface area contributed by atoms with E-state index in [0.29, 0.717) is 24.2 Å². The molecule has 0 aliphatic carbocycles. The van der Waals surface area contributed by atoms with Crippen LogP contribution in [0.25, 0.3) is 6.08 Å². The average molecular weight is 433 g/mol. The molecule has 2 heterocycles. The number of hydrogen-bond acceptors (Lipinski definition) is 6. The Bertz CT molecular complexity index is 922. The molecular formula is C24H32O5S. The van der Waals surface area contributed by atoms with Crippen LogP contribution in [0.5, 0.6) is 5.75 Å². The van der Waals surface area contributed by atoms with Gasteiger partial charge in [-0.3, -0.25) is 4.79 Å². The molecular weight excluding hydrogens is 400 g/mol. The Morgan fingerprint density at radius 3 is 2.67 bits per heavy atom. The van der Waals surface area contributed by atoms with Crippen molar-refractivity contribution in [3.8, 4) is 5.75 Å². The van der Waals surface area contributed by atoms with Gasteiger partial charge in [-0.15, -0.1) is 11.3 Å². The van der Waals surface area contributed by atoms with Gasteiger partial charge in [-0.2, -0.15) is 0 Å². The molecule has 1 unspecified atom stereocenters. The highest BCUT2D eigenvalue weighted by molar-refractivity contribution is 7.12. The highest BCUT2D eigenvalue weighted by Crippen LogP contribution is 2.27. The van der Waals surface area contributed by atoms with Gasteiger partial charge in [0.15, 0.2) is 5.78 Å². The largest absolute Gasteiger partial charge is 0.507 e. The number of aromatic hydroxyl groups is 1. The minimum Gasteiger partial charge on any atom is -0.507 e. The number of carbonyl (C=O) groups is 1. The lowest BCUT2D eigenvalue weighted by Gasteiger charge is -2.11. The van der Waals surface area contributed by atoms with Crippen LogP contribution in [-0.2, 0) is 6.42 Å². The summed E-state index contributed by atoms with van der Waals surface area (Å²) in [4.78, 5) is 27.4. The van der Waals surface area contributed by atoms with Crippen LogP contribution in [0.15, 0.2) is 33.0 Å². The zero-order valence-corrected chi connectivity index (χ0v) is 18.9. The molecule has 0 bridgehead atoms. The third-order valence-electron chi connectivity index (χ3n) is 5.13. The third-order valence-corrected chi connectivity index (χ3v) is 6.23. The standard InChI is InChI=1S/C24H32O5S/c1-4-5-6-7-10-18-11-12-19(30-18)14-17(3)23(27)22-20(26)15-21(29-24(22)28)16(2)9-8-13-25/h11-12,14-16,25-26H,4-10,13H2,1-3H3. The van der Waals surface area contributed by atoms with Gasteiger partial charge in [-0.25, -0.2) is 4.79 Å². The van der Waals surface area contributed by atoms with E-state index in [1.807, 2.05) is 13.0 Å². The Hall–Kier alpha value is -2.18. The van der Waals surface area contributed by atoms with Crippen LogP contribution in [0.4, 0.5) is 0 Å². The van der Waals surface area contributed by atoms with E-state index in [2.05, 4.69) is 13.0 Å². The fraction of sp³-hybridized carbons (Fsp3) is 0.500. The summed E-state index contributed by atoms with van der Waals surface area (Å²) in [6.45, 7) is 5.72. The summed E-state index contributed by atoms with van der Waals surface area (Å²) in [6.07, 6.45) is 8.80. The van der Waals surface area contributed by atoms with Crippen LogP contribution < -0.4 is 5.63 Å². The first kappa shape index (κ1) is 24.1. The van der Waals surface area contributed by atoms with Crippen LogP contribution in [0.2, 0.25) is 0 Å². The van der Waals surface area contributed by atoms with E-state index in [4.69, 9.17) is 9.52 Å². The topological polar surface area (TPSA) is 87.7 Å². The highest BCUT2D eigenvalue weighted by atomic mass is 32.1. The minimum atomic E-state index is -0.832. The monoisotopic (exact) mass is 432 g/mol. The lowest BCUT2D eigenvalue weighted by atomic mass is 10.00. The van der Waals surface area contributed by atoms with Crippen LogP contribution in [-0.4, -0.2) is 22.6 Å². The number of Topliss-reactive ketones (excluding diaryl/α,β-unsaturated/α-hetero) is 1. The number of carbonyl (C=O) groups excluding carboxylic acids is 1. The number of rotatable bonds is 12. The predicted octanol–water partition coefficient (Wildman–Crippen LogP) is 5.69. The van der Waals surface area contributed by atoms with Crippen molar-refractivity contribution in [3.63, 3.8) is 0 Å². The van der Waals surface area contributed by atoms with Crippen LogP contribution in [0.1, 0.15) is 91.1 Å². The van der Waals surface area contributed by atoms with Gasteiger partial charge in [0.1, 0.15) is 17.1 Å². The molecule has 0 fully saturated rings. The van der Waals surface area contributed by atoms with Crippen molar-refractivity contribution in [2.75, 3.05) is 6.61 Å². The fourth-order valence-corrected chi connectivity index (χ4v) is 4.36. The smallest absolute Gasteiger partial charge is 0.351 e. The molecule has 0 saturated heterocycles. The predicted molar refractivity (Wildman–Crippen MR) is 122 cm³/mol. The fourth-order valence-electron chi connectivity index (χ4n) is 3.30. The first-order valence-electron chi connectivity index (χ1n) is 10.7. The summed E-state index contributed by atoms with van der Waals surface area (Å²) in [5.41, 5.74) is -0.794. The van der Waals surface area contributed by atoms with E-state index in [9.17, 15) is 14.7 Å². The molecule has 2 rings (SSSR count). The number of ketones is 1. The van der Waals surface area contributed by atoms with Crippen molar-refractivity contribution in [2.24, 2.45) is 0 Å². The van der Waals surface area contributed by atoms with Crippen molar-refractivity contribution in [2.45, 2.75) is 71.6 Å². The molecule has 2 aromatic heterocycles. The van der Waals surface area contributed by atoms with Crippen molar-refractivity contribution in [3.05, 3.63) is 55.3 Å². The molecule has 0 saturated carbocycles. The molecule has 0 aliphatic heterocycles. The van der Waals surface area contributed by atoms with Crippen molar-refractivity contribution >= 4 is 23.2 Å². The van der Waals surface area contributed by atoms with E-state index >= 15 is 0 Å². The molecule has 5 nitrogen and oxygen atoms in total. The van der Waals surface area contributed by atoms with Crippen molar-refractivity contribution < 1.29 is 19.4 Å². The second-order valence-electron chi connectivity index (χ2n) is 7.73. The van der Waals surface area contributed by atoms with Gasteiger partial charge in [0.05, 0.1) is 0 Å². The zero-order valence-electron chi connectivity index (χ0n) is 18.1. The minimum absolute atomic E-state index is 0.0459. The Balaban J connectivity index is 2.14. The third kappa shape index (κ3) is 6.67. The van der Waals surface area contributed by atoms with Crippen LogP contribution >= 0.6 is 11.3 Å². The van der Waals surface area contributed by atoms with Crippen molar-refractivity contribution in [1.82, 2.24) is 0 Å². The molecule has 0 aliphatic rings. The second-order valence-corrected chi connectivity index (χ2v) is 8.93. The van der Waals surface area contributed by atoms with Gasteiger partial charge < -0.3 is 14.6 Å². The molecule has 164 valence electrons. The summed E-state index contributed by atoms with van der Waals surface area (Å²) in [7, 11) is 0. The Morgan fingerprint density at radius 2 is 2.00 bits per heavy atom. The summed E-state index contributed by atoms with van der Waals surface area (Å²) >= 11 is 1.64. The molecule has 0 aromatic carbocycles. The Kier molecular flexibility index (Phi) is 9.53. The van der Waals surface area contributed by atoms with Crippen molar-refractivity contribution in [1.29, 1.82) is 0 Å². The van der Waals surface area contributed by atoms with E-state index < -0.39 is 11.4 Å². The van der Waals surface area contributed by atoms with Gasteiger partial charge in [0, 0.05) is 28.3 Å². The summed E-state index contributed by atoms with van der Waals surface area (Å²) in [5, 5.41) is 19.3. The number of allylic oxidation sites excluding steroid dienone is 1. The second kappa shape index (κ2) is 11.9. The van der Waals surface area contributed by atoms with Gasteiger partial charge in [0.2, 0.25) is 0 Å².